The van der Waals surface area contributed by atoms with Gasteiger partial charge in [0.1, 0.15) is 5.84 Å². The molecule has 0 radical (unpaired) electrons. The van der Waals surface area contributed by atoms with Crippen LogP contribution in [0.15, 0.2) is 17.8 Å². The van der Waals surface area contributed by atoms with Crippen molar-refractivity contribution in [1.29, 1.82) is 0 Å². The summed E-state index contributed by atoms with van der Waals surface area (Å²) < 4.78 is 0. The largest absolute Gasteiger partial charge is 0.386 e. The molecule has 0 rings (SSSR count). The van der Waals surface area contributed by atoms with Crippen LogP contribution in [0.4, 0.5) is 0 Å². The van der Waals surface area contributed by atoms with Gasteiger partial charge in [0, 0.05) is 13.5 Å². The van der Waals surface area contributed by atoms with Crippen molar-refractivity contribution in [3.63, 3.8) is 0 Å². The van der Waals surface area contributed by atoms with Crippen LogP contribution in [-0.2, 0) is 0 Å². The minimum Gasteiger partial charge on any atom is -0.386 e. The Hall–Kier alpha value is -1.03. The molecule has 0 aliphatic rings. The Bertz CT molecular complexity index is 128. The summed E-state index contributed by atoms with van der Waals surface area (Å²) in [6.07, 6.45) is 3.34. The van der Waals surface area contributed by atoms with Crippen molar-refractivity contribution in [2.45, 2.75) is 12.8 Å². The number of hydrazine groups is 1. The maximum atomic E-state index is 5.44. The predicted octanol–water partition coefficient (Wildman–Crippen LogP) is 0.0303. The topological polar surface area (TPSA) is 67.6 Å². The zero-order valence-corrected chi connectivity index (χ0v) is 6.25. The van der Waals surface area contributed by atoms with Gasteiger partial charge in [0.05, 0.1) is 0 Å². The average Bonchev–Trinajstić information content (AvgIpc) is 1.82. The predicted molar refractivity (Wildman–Crippen MR) is 43.0 cm³/mol. The van der Waals surface area contributed by atoms with E-state index in [1.54, 1.807) is 13.1 Å². The summed E-state index contributed by atoms with van der Waals surface area (Å²) in [7, 11) is 1.63. The Morgan fingerprint density at radius 3 is 2.80 bits per heavy atom. The van der Waals surface area contributed by atoms with Gasteiger partial charge < -0.3 is 5.73 Å². The van der Waals surface area contributed by atoms with Gasteiger partial charge in [-0.1, -0.05) is 6.08 Å². The van der Waals surface area contributed by atoms with Gasteiger partial charge >= 0.3 is 0 Å². The molecule has 0 unspecified atom stereocenters. The summed E-state index contributed by atoms with van der Waals surface area (Å²) in [6, 6.07) is 0. The van der Waals surface area contributed by atoms with E-state index < -0.39 is 0 Å². The van der Waals surface area contributed by atoms with E-state index in [-0.39, 0.29) is 0 Å². The molecule has 0 saturated carbocycles. The van der Waals surface area contributed by atoms with Crippen molar-refractivity contribution in [1.82, 2.24) is 5.12 Å². The van der Waals surface area contributed by atoms with E-state index in [4.69, 9.17) is 11.6 Å². The van der Waals surface area contributed by atoms with Gasteiger partial charge in [-0.2, -0.15) is 0 Å². The monoisotopic (exact) mass is 142 g/mol. The lowest BCUT2D eigenvalue weighted by Gasteiger charge is -2.04. The molecule has 4 nitrogen and oxygen atoms in total. The number of hydrazone groups is 1. The number of hydrogen-bond acceptors (Lipinski definition) is 3. The highest BCUT2D eigenvalue weighted by molar-refractivity contribution is 5.80. The van der Waals surface area contributed by atoms with Gasteiger partial charge in [-0.15, -0.1) is 11.7 Å². The first-order chi connectivity index (χ1) is 4.66. The Kier molecular flexibility index (Phi) is 4.32. The van der Waals surface area contributed by atoms with Crippen molar-refractivity contribution < 1.29 is 0 Å². The second-order valence-electron chi connectivity index (χ2n) is 1.99. The van der Waals surface area contributed by atoms with Crippen LogP contribution in [0.5, 0.6) is 0 Å². The zero-order chi connectivity index (χ0) is 7.98. The van der Waals surface area contributed by atoms with Crippen LogP contribution in [0.2, 0.25) is 0 Å². The Morgan fingerprint density at radius 1 is 1.80 bits per heavy atom. The first-order valence-electron chi connectivity index (χ1n) is 3.09. The van der Waals surface area contributed by atoms with Crippen LogP contribution < -0.4 is 11.6 Å². The maximum Gasteiger partial charge on any atom is 0.121 e. The number of amidine groups is 1. The van der Waals surface area contributed by atoms with E-state index in [0.717, 1.165) is 6.42 Å². The quantitative estimate of drug-likeness (QED) is 0.191. The second-order valence-corrected chi connectivity index (χ2v) is 1.99. The van der Waals surface area contributed by atoms with Gasteiger partial charge in [0.25, 0.3) is 0 Å². The third-order valence-corrected chi connectivity index (χ3v) is 0.891. The van der Waals surface area contributed by atoms with E-state index >= 15 is 0 Å². The van der Waals surface area contributed by atoms with Crippen molar-refractivity contribution in [2.75, 3.05) is 7.05 Å². The van der Waals surface area contributed by atoms with Gasteiger partial charge in [-0.25, -0.2) is 11.0 Å². The molecule has 0 amide bonds. The molecular weight excluding hydrogens is 128 g/mol. The first-order valence-corrected chi connectivity index (χ1v) is 3.09. The standard InChI is InChI=1S/C6H14N4/c1-3-4-5-6(7)9-10(2)8/h3H,1,4-5,8H2,2H3,(H2,7,9). The minimum atomic E-state index is 0.532. The molecule has 0 aromatic rings. The highest BCUT2D eigenvalue weighted by Crippen LogP contribution is 1.88. The van der Waals surface area contributed by atoms with Crippen LogP contribution in [0.3, 0.4) is 0 Å². The lowest BCUT2D eigenvalue weighted by Crippen LogP contribution is -2.24. The fourth-order valence-corrected chi connectivity index (χ4v) is 0.503. The van der Waals surface area contributed by atoms with Crippen molar-refractivity contribution in [3.8, 4) is 0 Å². The van der Waals surface area contributed by atoms with Gasteiger partial charge in [-0.05, 0) is 6.42 Å². The molecule has 0 saturated heterocycles. The molecule has 0 bridgehead atoms. The van der Waals surface area contributed by atoms with Gasteiger partial charge in [0.2, 0.25) is 0 Å². The average molecular weight is 142 g/mol. The number of allylic oxidation sites excluding steroid dienone is 1. The van der Waals surface area contributed by atoms with Gasteiger partial charge in [0.15, 0.2) is 0 Å². The van der Waals surface area contributed by atoms with Crippen molar-refractivity contribution in [3.05, 3.63) is 12.7 Å². The molecule has 0 heterocycles. The molecule has 0 aliphatic heterocycles. The van der Waals surface area contributed by atoms with E-state index in [2.05, 4.69) is 11.7 Å². The Labute approximate surface area is 61.1 Å². The van der Waals surface area contributed by atoms with Crippen molar-refractivity contribution >= 4 is 5.84 Å². The summed E-state index contributed by atoms with van der Waals surface area (Å²) in [5.74, 6) is 5.74. The Balaban J connectivity index is 3.59. The lowest BCUT2D eigenvalue weighted by atomic mass is 10.3. The molecule has 0 aromatic carbocycles. The second kappa shape index (κ2) is 4.81. The van der Waals surface area contributed by atoms with E-state index in [9.17, 15) is 0 Å². The van der Waals surface area contributed by atoms with Crippen LogP contribution in [0.25, 0.3) is 0 Å². The van der Waals surface area contributed by atoms with Crippen LogP contribution in [0.1, 0.15) is 12.8 Å². The number of hydrogen-bond donors (Lipinski definition) is 2. The molecule has 10 heavy (non-hydrogen) atoms. The summed E-state index contributed by atoms with van der Waals surface area (Å²) >= 11 is 0. The third-order valence-electron chi connectivity index (χ3n) is 0.891. The fourth-order valence-electron chi connectivity index (χ4n) is 0.503. The Morgan fingerprint density at radius 2 is 2.40 bits per heavy atom. The molecule has 4 heteroatoms. The first kappa shape index (κ1) is 8.97. The van der Waals surface area contributed by atoms with E-state index in [1.165, 1.54) is 5.12 Å². The van der Waals surface area contributed by atoms with Crippen LogP contribution in [-0.4, -0.2) is 18.0 Å². The minimum absolute atomic E-state index is 0.532. The molecular formula is C6H14N4. The highest BCUT2D eigenvalue weighted by Gasteiger charge is 1.89. The smallest absolute Gasteiger partial charge is 0.121 e. The lowest BCUT2D eigenvalue weighted by molar-refractivity contribution is 0.370. The molecule has 0 spiro atoms. The molecule has 0 aliphatic carbocycles. The SMILES string of the molecule is C=CCCC(N)=NN(C)N. The summed E-state index contributed by atoms with van der Waals surface area (Å²) in [5.41, 5.74) is 5.44. The highest BCUT2D eigenvalue weighted by atomic mass is 15.6. The summed E-state index contributed by atoms with van der Waals surface area (Å²) in [4.78, 5) is 0. The molecule has 58 valence electrons. The van der Waals surface area contributed by atoms with Crippen LogP contribution in [0, 0.1) is 0 Å². The van der Waals surface area contributed by atoms with Gasteiger partial charge in [-0.3, -0.25) is 0 Å². The normalized spacial score (nSPS) is 11.2. The molecule has 0 aromatic heterocycles. The van der Waals surface area contributed by atoms with E-state index in [0.29, 0.717) is 12.3 Å². The fraction of sp³-hybridized carbons (Fsp3) is 0.500. The molecule has 0 atom stereocenters. The summed E-state index contributed by atoms with van der Waals surface area (Å²) in [5, 5.41) is 4.97. The third kappa shape index (κ3) is 5.11. The van der Waals surface area contributed by atoms with Crippen molar-refractivity contribution in [2.24, 2.45) is 16.7 Å². The molecule has 4 N–H and O–H groups in total. The van der Waals surface area contributed by atoms with E-state index in [1.807, 2.05) is 0 Å². The molecule has 0 fully saturated rings. The number of nitrogens with zero attached hydrogens (tertiary/aromatic N) is 2. The maximum absolute atomic E-state index is 5.44. The summed E-state index contributed by atoms with van der Waals surface area (Å²) in [6.45, 7) is 3.56. The zero-order valence-electron chi connectivity index (χ0n) is 6.25. The number of nitrogens with two attached hydrogens (primary N) is 2. The number of rotatable bonds is 4. The van der Waals surface area contributed by atoms with Crippen LogP contribution >= 0.6 is 0 Å².